The summed E-state index contributed by atoms with van der Waals surface area (Å²) in [5.74, 6) is -0.161. The molecule has 3 N–H and O–H groups in total. The monoisotopic (exact) mass is 351 g/mol. The molecular weight excluding hydrogens is 326 g/mol. The fraction of sp³-hybridized carbons (Fsp3) is 0.333. The normalized spacial score (nSPS) is 15.8. The molecule has 2 aromatic carbocycles. The first-order valence-electron chi connectivity index (χ1n) is 8.90. The lowest BCUT2D eigenvalue weighted by atomic mass is 9.92. The van der Waals surface area contributed by atoms with Crippen molar-refractivity contribution in [3.63, 3.8) is 0 Å². The van der Waals surface area contributed by atoms with Crippen LogP contribution in [-0.4, -0.2) is 22.8 Å². The standard InChI is InChI=1S/C21H25N3O2/c1-15(25)24(19-12-13-19)14-16-8-10-18(11-9-16)23-20(26)21(2,22)17-6-4-3-5-7-17/h3-11,19H,12-14,22H2,1-2H3,(H,23,26). The van der Waals surface area contributed by atoms with E-state index in [1.807, 2.05) is 59.5 Å². The van der Waals surface area contributed by atoms with Crippen molar-refractivity contribution in [3.8, 4) is 0 Å². The zero-order valence-electron chi connectivity index (χ0n) is 15.2. The molecule has 136 valence electrons. The second-order valence-corrected chi connectivity index (χ2v) is 7.10. The quantitative estimate of drug-likeness (QED) is 0.840. The molecule has 1 aliphatic carbocycles. The summed E-state index contributed by atoms with van der Waals surface area (Å²) < 4.78 is 0. The number of benzene rings is 2. The van der Waals surface area contributed by atoms with Crippen LogP contribution in [0, 0.1) is 0 Å². The summed E-state index contributed by atoms with van der Waals surface area (Å²) in [6, 6.07) is 17.3. The van der Waals surface area contributed by atoms with E-state index in [1.54, 1.807) is 13.8 Å². The van der Waals surface area contributed by atoms with Crippen LogP contribution in [0.5, 0.6) is 0 Å². The van der Waals surface area contributed by atoms with Gasteiger partial charge in [-0.2, -0.15) is 0 Å². The summed E-state index contributed by atoms with van der Waals surface area (Å²) in [6.45, 7) is 3.91. The van der Waals surface area contributed by atoms with Crippen LogP contribution in [0.3, 0.4) is 0 Å². The molecule has 0 heterocycles. The van der Waals surface area contributed by atoms with Crippen LogP contribution in [0.15, 0.2) is 54.6 Å². The van der Waals surface area contributed by atoms with E-state index in [-0.39, 0.29) is 11.8 Å². The van der Waals surface area contributed by atoms with Gasteiger partial charge in [0.05, 0.1) is 0 Å². The van der Waals surface area contributed by atoms with Gasteiger partial charge in [0.2, 0.25) is 11.8 Å². The van der Waals surface area contributed by atoms with Crippen LogP contribution in [0.25, 0.3) is 0 Å². The minimum atomic E-state index is -1.11. The van der Waals surface area contributed by atoms with Gasteiger partial charge >= 0.3 is 0 Å². The average Bonchev–Trinajstić information content (AvgIpc) is 3.46. The predicted molar refractivity (Wildman–Crippen MR) is 102 cm³/mol. The van der Waals surface area contributed by atoms with Crippen LogP contribution >= 0.6 is 0 Å². The Bertz CT molecular complexity index is 781. The fourth-order valence-corrected chi connectivity index (χ4v) is 2.95. The van der Waals surface area contributed by atoms with E-state index < -0.39 is 5.54 Å². The summed E-state index contributed by atoms with van der Waals surface area (Å²) in [5.41, 5.74) is 7.62. The van der Waals surface area contributed by atoms with Gasteiger partial charge < -0.3 is 16.0 Å². The van der Waals surface area contributed by atoms with Crippen molar-refractivity contribution in [1.29, 1.82) is 0 Å². The minimum absolute atomic E-state index is 0.103. The summed E-state index contributed by atoms with van der Waals surface area (Å²) in [5, 5.41) is 2.87. The highest BCUT2D eigenvalue weighted by molar-refractivity contribution is 5.98. The van der Waals surface area contributed by atoms with Crippen molar-refractivity contribution in [2.45, 2.75) is 44.8 Å². The molecule has 0 radical (unpaired) electrons. The molecule has 0 saturated heterocycles. The van der Waals surface area contributed by atoms with Gasteiger partial charge in [0.25, 0.3) is 0 Å². The molecule has 1 atom stereocenters. The van der Waals surface area contributed by atoms with Gasteiger partial charge in [-0.15, -0.1) is 0 Å². The Morgan fingerprint density at radius 3 is 2.27 bits per heavy atom. The van der Waals surface area contributed by atoms with Crippen LogP contribution < -0.4 is 11.1 Å². The Morgan fingerprint density at radius 1 is 1.12 bits per heavy atom. The number of rotatable bonds is 6. The van der Waals surface area contributed by atoms with Crippen molar-refractivity contribution in [2.24, 2.45) is 5.73 Å². The number of nitrogens with zero attached hydrogens (tertiary/aromatic N) is 1. The SMILES string of the molecule is CC(=O)N(Cc1ccc(NC(=O)C(C)(N)c2ccccc2)cc1)C1CC1. The van der Waals surface area contributed by atoms with Gasteiger partial charge in [0.1, 0.15) is 5.54 Å². The number of carbonyl (C=O) groups is 2. The third-order valence-corrected chi connectivity index (χ3v) is 4.80. The summed E-state index contributed by atoms with van der Waals surface area (Å²) >= 11 is 0. The first-order chi connectivity index (χ1) is 12.4. The molecule has 26 heavy (non-hydrogen) atoms. The predicted octanol–water partition coefficient (Wildman–Crippen LogP) is 3.01. The number of nitrogens with two attached hydrogens (primary N) is 1. The van der Waals surface area contributed by atoms with Crippen molar-refractivity contribution in [2.75, 3.05) is 5.32 Å². The maximum Gasteiger partial charge on any atom is 0.248 e. The second-order valence-electron chi connectivity index (χ2n) is 7.10. The number of nitrogens with one attached hydrogen (secondary N) is 1. The molecule has 1 fully saturated rings. The zero-order valence-corrected chi connectivity index (χ0v) is 15.2. The highest BCUT2D eigenvalue weighted by Gasteiger charge is 2.31. The maximum absolute atomic E-state index is 12.6. The molecule has 2 amide bonds. The fourth-order valence-electron chi connectivity index (χ4n) is 2.95. The average molecular weight is 351 g/mol. The van der Waals surface area contributed by atoms with Gasteiger partial charge in [-0.05, 0) is 43.0 Å². The smallest absolute Gasteiger partial charge is 0.248 e. The molecule has 5 nitrogen and oxygen atoms in total. The van der Waals surface area contributed by atoms with E-state index in [1.165, 1.54) is 0 Å². The minimum Gasteiger partial charge on any atom is -0.336 e. The van der Waals surface area contributed by atoms with E-state index in [0.29, 0.717) is 18.3 Å². The van der Waals surface area contributed by atoms with Crippen molar-refractivity contribution in [3.05, 3.63) is 65.7 Å². The third-order valence-electron chi connectivity index (χ3n) is 4.80. The van der Waals surface area contributed by atoms with Gasteiger partial charge in [-0.1, -0.05) is 42.5 Å². The van der Waals surface area contributed by atoms with Crippen molar-refractivity contribution in [1.82, 2.24) is 4.90 Å². The Morgan fingerprint density at radius 2 is 1.73 bits per heavy atom. The maximum atomic E-state index is 12.6. The number of hydrogen-bond donors (Lipinski definition) is 2. The lowest BCUT2D eigenvalue weighted by Gasteiger charge is -2.24. The lowest BCUT2D eigenvalue weighted by molar-refractivity contribution is -0.130. The van der Waals surface area contributed by atoms with Gasteiger partial charge in [-0.25, -0.2) is 0 Å². The summed E-state index contributed by atoms with van der Waals surface area (Å²) in [7, 11) is 0. The van der Waals surface area contributed by atoms with E-state index in [4.69, 9.17) is 5.73 Å². The molecule has 3 rings (SSSR count). The number of anilines is 1. The molecule has 1 saturated carbocycles. The van der Waals surface area contributed by atoms with E-state index in [9.17, 15) is 9.59 Å². The molecule has 5 heteroatoms. The third kappa shape index (κ3) is 4.11. The highest BCUT2D eigenvalue weighted by Crippen LogP contribution is 2.28. The Balaban J connectivity index is 1.65. The zero-order chi connectivity index (χ0) is 18.7. The molecule has 0 aromatic heterocycles. The number of hydrogen-bond acceptors (Lipinski definition) is 3. The van der Waals surface area contributed by atoms with E-state index in [2.05, 4.69) is 5.32 Å². The topological polar surface area (TPSA) is 75.4 Å². The van der Waals surface area contributed by atoms with E-state index in [0.717, 1.165) is 24.0 Å². The lowest BCUT2D eigenvalue weighted by Crippen LogP contribution is -2.45. The second kappa shape index (κ2) is 7.30. The van der Waals surface area contributed by atoms with Crippen molar-refractivity contribution >= 4 is 17.5 Å². The Labute approximate surface area is 154 Å². The largest absolute Gasteiger partial charge is 0.336 e. The molecule has 0 bridgehead atoms. The molecule has 1 aliphatic rings. The van der Waals surface area contributed by atoms with Crippen LogP contribution in [0.1, 0.15) is 37.8 Å². The van der Waals surface area contributed by atoms with Gasteiger partial charge in [0, 0.05) is 25.2 Å². The van der Waals surface area contributed by atoms with Crippen LogP contribution in [0.2, 0.25) is 0 Å². The molecular formula is C21H25N3O2. The van der Waals surface area contributed by atoms with Gasteiger partial charge in [0.15, 0.2) is 0 Å². The number of carbonyl (C=O) groups excluding carboxylic acids is 2. The summed E-state index contributed by atoms with van der Waals surface area (Å²) in [4.78, 5) is 26.2. The first kappa shape index (κ1) is 18.1. The Kier molecular flexibility index (Phi) is 5.09. The van der Waals surface area contributed by atoms with Crippen LogP contribution in [-0.2, 0) is 21.7 Å². The van der Waals surface area contributed by atoms with Gasteiger partial charge in [-0.3, -0.25) is 9.59 Å². The summed E-state index contributed by atoms with van der Waals surface area (Å²) in [6.07, 6.45) is 2.17. The molecule has 0 aliphatic heterocycles. The first-order valence-corrected chi connectivity index (χ1v) is 8.90. The van der Waals surface area contributed by atoms with E-state index >= 15 is 0 Å². The van der Waals surface area contributed by atoms with Crippen LogP contribution in [0.4, 0.5) is 5.69 Å². The molecule has 0 spiro atoms. The molecule has 1 unspecified atom stereocenters. The number of amides is 2. The van der Waals surface area contributed by atoms with Crippen molar-refractivity contribution < 1.29 is 9.59 Å². The highest BCUT2D eigenvalue weighted by atomic mass is 16.2. The molecule has 2 aromatic rings. The Hall–Kier alpha value is -2.66.